The lowest BCUT2D eigenvalue weighted by Gasteiger charge is -2.23. The minimum absolute atomic E-state index is 0.0315. The molecule has 1 aliphatic rings. The maximum atomic E-state index is 12.5. The molecule has 1 aromatic heterocycles. The van der Waals surface area contributed by atoms with Crippen LogP contribution in [0.1, 0.15) is 60.6 Å². The van der Waals surface area contributed by atoms with Gasteiger partial charge in [-0.15, -0.1) is 0 Å². The van der Waals surface area contributed by atoms with Crippen LogP contribution in [0.3, 0.4) is 0 Å². The van der Waals surface area contributed by atoms with Crippen molar-refractivity contribution in [2.24, 2.45) is 5.92 Å². The van der Waals surface area contributed by atoms with Gasteiger partial charge in [0.25, 0.3) is 0 Å². The zero-order valence-corrected chi connectivity index (χ0v) is 15.7. The van der Waals surface area contributed by atoms with Crippen molar-refractivity contribution in [1.82, 2.24) is 9.97 Å². The van der Waals surface area contributed by atoms with E-state index < -0.39 is 0 Å². The van der Waals surface area contributed by atoms with E-state index in [0.29, 0.717) is 29.1 Å². The Kier molecular flexibility index (Phi) is 5.67. The first-order valence-electron chi connectivity index (χ1n) is 8.97. The maximum Gasteiger partial charge on any atom is 0.229 e. The van der Waals surface area contributed by atoms with E-state index in [1.54, 1.807) is 0 Å². The van der Waals surface area contributed by atoms with Gasteiger partial charge in [0.15, 0.2) is 5.78 Å². The van der Waals surface area contributed by atoms with Gasteiger partial charge in [-0.25, -0.2) is 9.97 Å². The van der Waals surface area contributed by atoms with Gasteiger partial charge < -0.3 is 0 Å². The average molecular weight is 372 g/mol. The summed E-state index contributed by atoms with van der Waals surface area (Å²) >= 11 is 5.95. The summed E-state index contributed by atoms with van der Waals surface area (Å²) < 4.78 is 0. The predicted octanol–water partition coefficient (Wildman–Crippen LogP) is 4.42. The van der Waals surface area contributed by atoms with Gasteiger partial charge >= 0.3 is 0 Å². The molecule has 5 nitrogen and oxygen atoms in total. The van der Waals surface area contributed by atoms with Crippen LogP contribution in [0.2, 0.25) is 5.02 Å². The Bertz CT molecular complexity index is 816. The molecule has 2 aromatic rings. The fraction of sp³-hybridized carbons (Fsp3) is 0.400. The third-order valence-corrected chi connectivity index (χ3v) is 5.22. The number of ketones is 1. The molecule has 1 aliphatic carbocycles. The molecule has 1 aromatic carbocycles. The monoisotopic (exact) mass is 371 g/mol. The summed E-state index contributed by atoms with van der Waals surface area (Å²) in [6, 6.07) is 7.56. The van der Waals surface area contributed by atoms with E-state index in [0.717, 1.165) is 18.4 Å². The first-order valence-corrected chi connectivity index (χ1v) is 9.35. The van der Waals surface area contributed by atoms with Crippen LogP contribution in [0.15, 0.2) is 30.5 Å². The Morgan fingerprint density at radius 2 is 1.92 bits per heavy atom. The SMILES string of the molecule is CCC(CC)C(=O)Nc1ncc2c(n1)CC(c1ccc(Cl)cc1)CC2=O. The Labute approximate surface area is 158 Å². The van der Waals surface area contributed by atoms with Gasteiger partial charge in [-0.2, -0.15) is 0 Å². The highest BCUT2D eigenvalue weighted by atomic mass is 35.5. The summed E-state index contributed by atoms with van der Waals surface area (Å²) in [6.07, 6.45) is 4.14. The molecule has 0 radical (unpaired) electrons. The lowest BCUT2D eigenvalue weighted by Crippen LogP contribution is -2.25. The molecule has 0 saturated heterocycles. The first kappa shape index (κ1) is 18.5. The Morgan fingerprint density at radius 3 is 2.58 bits per heavy atom. The number of halogens is 1. The molecule has 0 bridgehead atoms. The number of nitrogens with zero attached hydrogens (tertiary/aromatic N) is 2. The van der Waals surface area contributed by atoms with E-state index in [1.807, 2.05) is 38.1 Å². The lowest BCUT2D eigenvalue weighted by atomic mass is 9.82. The number of hydrogen-bond donors (Lipinski definition) is 1. The molecule has 1 N–H and O–H groups in total. The molecule has 0 saturated carbocycles. The summed E-state index contributed by atoms with van der Waals surface area (Å²) in [6.45, 7) is 3.97. The van der Waals surface area contributed by atoms with E-state index in [-0.39, 0.29) is 29.5 Å². The van der Waals surface area contributed by atoms with Gasteiger partial charge in [0, 0.05) is 23.6 Å². The number of aromatic nitrogens is 2. The molecule has 1 heterocycles. The molecular weight excluding hydrogens is 350 g/mol. The van der Waals surface area contributed by atoms with Crippen molar-refractivity contribution in [2.75, 3.05) is 5.32 Å². The van der Waals surface area contributed by atoms with Gasteiger partial charge in [0.2, 0.25) is 11.9 Å². The molecule has 0 aliphatic heterocycles. The summed E-state index contributed by atoms with van der Waals surface area (Å²) in [4.78, 5) is 33.4. The maximum absolute atomic E-state index is 12.5. The molecule has 0 fully saturated rings. The van der Waals surface area contributed by atoms with Crippen molar-refractivity contribution in [3.8, 4) is 0 Å². The molecular formula is C20H22ClN3O2. The lowest BCUT2D eigenvalue weighted by molar-refractivity contribution is -0.120. The van der Waals surface area contributed by atoms with Crippen molar-refractivity contribution in [3.05, 3.63) is 52.3 Å². The molecule has 1 unspecified atom stereocenters. The molecule has 136 valence electrons. The van der Waals surface area contributed by atoms with Gasteiger partial charge in [-0.1, -0.05) is 37.6 Å². The normalized spacial score (nSPS) is 16.5. The van der Waals surface area contributed by atoms with E-state index in [2.05, 4.69) is 15.3 Å². The minimum atomic E-state index is -0.0775. The Balaban J connectivity index is 1.82. The number of nitrogens with one attached hydrogen (secondary N) is 1. The van der Waals surface area contributed by atoms with E-state index in [4.69, 9.17) is 11.6 Å². The molecule has 1 amide bonds. The molecule has 6 heteroatoms. The third-order valence-electron chi connectivity index (χ3n) is 4.97. The number of benzene rings is 1. The quantitative estimate of drug-likeness (QED) is 0.844. The largest absolute Gasteiger partial charge is 0.294 e. The van der Waals surface area contributed by atoms with Crippen molar-refractivity contribution >= 4 is 29.2 Å². The second-order valence-corrected chi connectivity index (χ2v) is 7.07. The first-order chi connectivity index (χ1) is 12.5. The standard InChI is InChI=1S/C20H22ClN3O2/c1-3-12(4-2)19(26)24-20-22-11-16-17(23-20)9-14(10-18(16)25)13-5-7-15(21)8-6-13/h5-8,11-12,14H,3-4,9-10H2,1-2H3,(H,22,23,24,26). The number of carbonyl (C=O) groups excluding carboxylic acids is 2. The zero-order chi connectivity index (χ0) is 18.7. The van der Waals surface area contributed by atoms with Gasteiger partial charge in [0.05, 0.1) is 11.3 Å². The highest BCUT2D eigenvalue weighted by molar-refractivity contribution is 6.30. The van der Waals surface area contributed by atoms with Crippen LogP contribution in [0.5, 0.6) is 0 Å². The second kappa shape index (κ2) is 7.96. The number of anilines is 1. The Hall–Kier alpha value is -2.27. The van der Waals surface area contributed by atoms with Crippen molar-refractivity contribution in [1.29, 1.82) is 0 Å². The molecule has 0 spiro atoms. The van der Waals surface area contributed by atoms with E-state index >= 15 is 0 Å². The van der Waals surface area contributed by atoms with Crippen LogP contribution in [-0.4, -0.2) is 21.7 Å². The van der Waals surface area contributed by atoms with Gasteiger partial charge in [0.1, 0.15) is 0 Å². The summed E-state index contributed by atoms with van der Waals surface area (Å²) in [5.41, 5.74) is 2.31. The average Bonchev–Trinajstić information content (AvgIpc) is 2.63. The minimum Gasteiger partial charge on any atom is -0.294 e. The highest BCUT2D eigenvalue weighted by Crippen LogP contribution is 2.32. The van der Waals surface area contributed by atoms with E-state index in [1.165, 1.54) is 6.20 Å². The number of fused-ring (bicyclic) bond motifs is 1. The predicted molar refractivity (Wildman–Crippen MR) is 102 cm³/mol. The number of hydrogen-bond acceptors (Lipinski definition) is 4. The molecule has 26 heavy (non-hydrogen) atoms. The number of rotatable bonds is 5. The topological polar surface area (TPSA) is 72.0 Å². The summed E-state index contributed by atoms with van der Waals surface area (Å²) in [5, 5.41) is 3.45. The number of carbonyl (C=O) groups is 2. The van der Waals surface area contributed by atoms with Crippen molar-refractivity contribution in [3.63, 3.8) is 0 Å². The summed E-state index contributed by atoms with van der Waals surface area (Å²) in [7, 11) is 0. The highest BCUT2D eigenvalue weighted by Gasteiger charge is 2.28. The zero-order valence-electron chi connectivity index (χ0n) is 15.0. The van der Waals surface area contributed by atoms with Crippen LogP contribution in [0.4, 0.5) is 5.95 Å². The molecule has 1 atom stereocenters. The smallest absolute Gasteiger partial charge is 0.229 e. The van der Waals surface area contributed by atoms with Gasteiger partial charge in [-0.05, 0) is 42.9 Å². The summed E-state index contributed by atoms with van der Waals surface area (Å²) in [5.74, 6) is 0.225. The van der Waals surface area contributed by atoms with Crippen LogP contribution in [-0.2, 0) is 11.2 Å². The fourth-order valence-electron chi connectivity index (χ4n) is 3.35. The third kappa shape index (κ3) is 3.93. The van der Waals surface area contributed by atoms with Gasteiger partial charge in [-0.3, -0.25) is 14.9 Å². The second-order valence-electron chi connectivity index (χ2n) is 6.64. The van der Waals surface area contributed by atoms with E-state index in [9.17, 15) is 9.59 Å². The van der Waals surface area contributed by atoms with Crippen LogP contribution in [0, 0.1) is 5.92 Å². The van der Waals surface area contributed by atoms with Crippen LogP contribution in [0.25, 0.3) is 0 Å². The number of amides is 1. The van der Waals surface area contributed by atoms with Crippen molar-refractivity contribution in [2.45, 2.75) is 45.4 Å². The van der Waals surface area contributed by atoms with Crippen LogP contribution >= 0.6 is 11.6 Å². The Morgan fingerprint density at radius 1 is 1.23 bits per heavy atom. The number of Topliss-reactive ketones (excluding diaryl/α,β-unsaturated/α-hetero) is 1. The molecule has 3 rings (SSSR count). The van der Waals surface area contributed by atoms with Crippen molar-refractivity contribution < 1.29 is 9.59 Å². The fourth-order valence-corrected chi connectivity index (χ4v) is 3.47. The van der Waals surface area contributed by atoms with Crippen LogP contribution < -0.4 is 5.32 Å².